The molecule has 1 N–H and O–H groups in total. The first-order chi connectivity index (χ1) is 8.11. The molecule has 4 heteroatoms. The monoisotopic (exact) mass is 315 g/mol. The van der Waals surface area contributed by atoms with Gasteiger partial charge in [0.2, 0.25) is 5.91 Å². The lowest BCUT2D eigenvalue weighted by molar-refractivity contribution is -0.119. The minimum absolute atomic E-state index is 0.126. The van der Waals surface area contributed by atoms with Gasteiger partial charge in [-0.2, -0.15) is 0 Å². The molecule has 1 aromatic rings. The molecule has 1 rings (SSSR count). The van der Waals surface area contributed by atoms with Gasteiger partial charge in [-0.25, -0.2) is 0 Å². The topological polar surface area (TPSA) is 29.1 Å². The van der Waals surface area contributed by atoms with Crippen LogP contribution in [0.5, 0.6) is 0 Å². The van der Waals surface area contributed by atoms with Crippen LogP contribution >= 0.6 is 27.7 Å². The summed E-state index contributed by atoms with van der Waals surface area (Å²) in [5, 5.41) is 2.96. The number of amides is 1. The number of hydrogen-bond acceptors (Lipinski definition) is 2. The van der Waals surface area contributed by atoms with E-state index in [9.17, 15) is 4.79 Å². The Morgan fingerprint density at radius 2 is 2.06 bits per heavy atom. The molecular weight excluding hydrogens is 298 g/mol. The van der Waals surface area contributed by atoms with Crippen molar-refractivity contribution in [3.63, 3.8) is 0 Å². The highest BCUT2D eigenvalue weighted by molar-refractivity contribution is 9.10. The molecule has 17 heavy (non-hydrogen) atoms. The van der Waals surface area contributed by atoms with Crippen molar-refractivity contribution in [2.45, 2.75) is 32.1 Å². The van der Waals surface area contributed by atoms with E-state index < -0.39 is 0 Å². The summed E-state index contributed by atoms with van der Waals surface area (Å²) >= 11 is 5.05. The summed E-state index contributed by atoms with van der Waals surface area (Å²) in [6, 6.07) is 8.47. The van der Waals surface area contributed by atoms with E-state index in [2.05, 4.69) is 40.3 Å². The summed E-state index contributed by atoms with van der Waals surface area (Å²) in [6.45, 7) is 4.09. The third kappa shape index (κ3) is 6.13. The van der Waals surface area contributed by atoms with E-state index in [1.165, 1.54) is 5.56 Å². The van der Waals surface area contributed by atoms with Crippen molar-refractivity contribution < 1.29 is 4.79 Å². The van der Waals surface area contributed by atoms with Gasteiger partial charge in [-0.3, -0.25) is 4.79 Å². The Balaban J connectivity index is 2.23. The number of benzene rings is 1. The lowest BCUT2D eigenvalue weighted by atomic mass is 10.2. The maximum absolute atomic E-state index is 11.5. The van der Waals surface area contributed by atoms with E-state index in [0.29, 0.717) is 5.75 Å². The summed E-state index contributed by atoms with van der Waals surface area (Å²) in [5.41, 5.74) is 1.24. The highest BCUT2D eigenvalue weighted by Gasteiger charge is 2.05. The maximum atomic E-state index is 11.5. The number of nitrogens with one attached hydrogen (secondary N) is 1. The minimum Gasteiger partial charge on any atom is -0.353 e. The van der Waals surface area contributed by atoms with Crippen LogP contribution in [0.4, 0.5) is 0 Å². The average molecular weight is 316 g/mol. The standard InChI is InChI=1S/C13H18BrNOS/c1-3-10(2)15-13(16)9-17-8-11-4-6-12(14)7-5-11/h4-7,10H,3,8-9H2,1-2H3,(H,15,16)/t10-/m1/s1. The van der Waals surface area contributed by atoms with Crippen LogP contribution in [-0.4, -0.2) is 17.7 Å². The van der Waals surface area contributed by atoms with Crippen molar-refractivity contribution in [2.24, 2.45) is 0 Å². The third-order valence-electron chi connectivity index (χ3n) is 2.43. The van der Waals surface area contributed by atoms with Gasteiger partial charge in [0.1, 0.15) is 0 Å². The molecular formula is C13H18BrNOS. The highest BCUT2D eigenvalue weighted by Crippen LogP contribution is 2.15. The summed E-state index contributed by atoms with van der Waals surface area (Å²) in [7, 11) is 0. The molecule has 1 aromatic carbocycles. The number of carbonyl (C=O) groups excluding carboxylic acids is 1. The number of hydrogen-bond donors (Lipinski definition) is 1. The van der Waals surface area contributed by atoms with E-state index in [1.54, 1.807) is 11.8 Å². The largest absolute Gasteiger partial charge is 0.353 e. The Morgan fingerprint density at radius 3 is 2.65 bits per heavy atom. The van der Waals surface area contributed by atoms with Crippen molar-refractivity contribution in [3.05, 3.63) is 34.3 Å². The van der Waals surface area contributed by atoms with Crippen molar-refractivity contribution in [1.29, 1.82) is 0 Å². The van der Waals surface area contributed by atoms with Crippen molar-refractivity contribution in [2.75, 3.05) is 5.75 Å². The van der Waals surface area contributed by atoms with Crippen molar-refractivity contribution in [1.82, 2.24) is 5.32 Å². The van der Waals surface area contributed by atoms with Crippen LogP contribution in [0.25, 0.3) is 0 Å². The number of carbonyl (C=O) groups is 1. The Bertz CT molecular complexity index is 353. The molecule has 0 spiro atoms. The van der Waals surface area contributed by atoms with Crippen LogP contribution in [0.1, 0.15) is 25.8 Å². The molecule has 0 radical (unpaired) electrons. The third-order valence-corrected chi connectivity index (χ3v) is 3.97. The zero-order valence-electron chi connectivity index (χ0n) is 10.2. The van der Waals surface area contributed by atoms with Gasteiger partial charge in [0.05, 0.1) is 5.75 Å². The van der Waals surface area contributed by atoms with Gasteiger partial charge in [-0.1, -0.05) is 35.0 Å². The van der Waals surface area contributed by atoms with Gasteiger partial charge in [0.25, 0.3) is 0 Å². The number of halogens is 1. The van der Waals surface area contributed by atoms with Gasteiger partial charge in [-0.05, 0) is 31.0 Å². The number of rotatable bonds is 6. The van der Waals surface area contributed by atoms with E-state index in [-0.39, 0.29) is 11.9 Å². The summed E-state index contributed by atoms with van der Waals surface area (Å²) in [4.78, 5) is 11.5. The lowest BCUT2D eigenvalue weighted by Crippen LogP contribution is -2.33. The molecule has 0 aliphatic rings. The van der Waals surface area contributed by atoms with E-state index in [1.807, 2.05) is 19.1 Å². The average Bonchev–Trinajstić information content (AvgIpc) is 2.31. The highest BCUT2D eigenvalue weighted by atomic mass is 79.9. The summed E-state index contributed by atoms with van der Waals surface area (Å²) < 4.78 is 1.08. The molecule has 0 aromatic heterocycles. The fourth-order valence-corrected chi connectivity index (χ4v) is 2.32. The smallest absolute Gasteiger partial charge is 0.230 e. The van der Waals surface area contributed by atoms with Crippen LogP contribution in [0.2, 0.25) is 0 Å². The second-order valence-corrected chi connectivity index (χ2v) is 5.90. The fraction of sp³-hybridized carbons (Fsp3) is 0.462. The van der Waals surface area contributed by atoms with Crippen LogP contribution in [-0.2, 0) is 10.5 Å². The Kier molecular flexibility index (Phi) is 6.66. The summed E-state index contributed by atoms with van der Waals surface area (Å²) in [5.74, 6) is 1.53. The van der Waals surface area contributed by atoms with Crippen LogP contribution in [0, 0.1) is 0 Å². The minimum atomic E-state index is 0.126. The second kappa shape index (κ2) is 7.77. The van der Waals surface area contributed by atoms with Gasteiger partial charge in [0, 0.05) is 16.3 Å². The van der Waals surface area contributed by atoms with Gasteiger partial charge < -0.3 is 5.32 Å². The number of thioether (sulfide) groups is 1. The predicted octanol–water partition coefficient (Wildman–Crippen LogP) is 3.60. The van der Waals surface area contributed by atoms with Gasteiger partial charge in [0.15, 0.2) is 0 Å². The van der Waals surface area contributed by atoms with Crippen LogP contribution in [0.15, 0.2) is 28.7 Å². The van der Waals surface area contributed by atoms with Crippen molar-refractivity contribution >= 4 is 33.6 Å². The molecule has 0 aliphatic heterocycles. The quantitative estimate of drug-likeness (QED) is 0.869. The summed E-state index contributed by atoms with van der Waals surface area (Å²) in [6.07, 6.45) is 0.975. The molecule has 1 atom stereocenters. The van der Waals surface area contributed by atoms with Crippen LogP contribution < -0.4 is 5.32 Å². The molecule has 0 fully saturated rings. The molecule has 1 amide bonds. The normalized spacial score (nSPS) is 12.2. The molecule has 0 aliphatic carbocycles. The zero-order chi connectivity index (χ0) is 12.7. The first-order valence-electron chi connectivity index (χ1n) is 5.73. The van der Waals surface area contributed by atoms with Crippen LogP contribution in [0.3, 0.4) is 0 Å². The van der Waals surface area contributed by atoms with E-state index in [4.69, 9.17) is 0 Å². The lowest BCUT2D eigenvalue weighted by Gasteiger charge is -2.10. The SMILES string of the molecule is CC[C@@H](C)NC(=O)CSCc1ccc(Br)cc1. The Hall–Kier alpha value is -0.480. The zero-order valence-corrected chi connectivity index (χ0v) is 12.6. The maximum Gasteiger partial charge on any atom is 0.230 e. The molecule has 94 valence electrons. The second-order valence-electron chi connectivity index (χ2n) is 4.00. The first-order valence-corrected chi connectivity index (χ1v) is 7.68. The fourth-order valence-electron chi connectivity index (χ4n) is 1.26. The molecule has 2 nitrogen and oxygen atoms in total. The van der Waals surface area contributed by atoms with E-state index >= 15 is 0 Å². The Labute approximate surface area is 116 Å². The molecule has 0 saturated carbocycles. The van der Waals surface area contributed by atoms with Gasteiger partial charge >= 0.3 is 0 Å². The van der Waals surface area contributed by atoms with Crippen molar-refractivity contribution in [3.8, 4) is 0 Å². The molecule has 0 saturated heterocycles. The van der Waals surface area contributed by atoms with E-state index in [0.717, 1.165) is 16.6 Å². The molecule has 0 heterocycles. The predicted molar refractivity (Wildman–Crippen MR) is 78.2 cm³/mol. The van der Waals surface area contributed by atoms with Gasteiger partial charge in [-0.15, -0.1) is 11.8 Å². The first kappa shape index (κ1) is 14.6. The Morgan fingerprint density at radius 1 is 1.41 bits per heavy atom. The molecule has 0 bridgehead atoms. The molecule has 0 unspecified atom stereocenters.